The fraction of sp³-hybridized carbons (Fsp3) is 0.600. The third-order valence-electron chi connectivity index (χ3n) is 3.56. The first-order valence-corrected chi connectivity index (χ1v) is 6.78. The Morgan fingerprint density at radius 3 is 2.78 bits per heavy atom. The van der Waals surface area contributed by atoms with Gasteiger partial charge in [0.15, 0.2) is 0 Å². The molecular formula is C15H23NO2. The van der Waals surface area contributed by atoms with E-state index in [4.69, 9.17) is 9.47 Å². The predicted molar refractivity (Wildman–Crippen MR) is 73.7 cm³/mol. The molecule has 3 heteroatoms. The molecule has 0 radical (unpaired) electrons. The SMILES string of the molecule is CCOc1cc([C@H]2CCCNC2)c(OC)cc1C. The van der Waals surface area contributed by atoms with E-state index in [1.54, 1.807) is 7.11 Å². The summed E-state index contributed by atoms with van der Waals surface area (Å²) in [6.45, 7) is 6.95. The molecule has 18 heavy (non-hydrogen) atoms. The van der Waals surface area contributed by atoms with Gasteiger partial charge in [-0.2, -0.15) is 0 Å². The molecule has 1 saturated heterocycles. The Balaban J connectivity index is 2.33. The van der Waals surface area contributed by atoms with Crippen LogP contribution in [0.1, 0.15) is 36.8 Å². The maximum atomic E-state index is 5.69. The number of ether oxygens (including phenoxy) is 2. The van der Waals surface area contributed by atoms with Crippen LogP contribution in [-0.2, 0) is 0 Å². The molecule has 100 valence electrons. The van der Waals surface area contributed by atoms with Gasteiger partial charge in [0.05, 0.1) is 13.7 Å². The van der Waals surface area contributed by atoms with Gasteiger partial charge in [0.2, 0.25) is 0 Å². The number of nitrogens with one attached hydrogen (secondary N) is 1. The molecule has 1 atom stereocenters. The number of rotatable bonds is 4. The molecular weight excluding hydrogens is 226 g/mol. The Morgan fingerprint density at radius 2 is 2.17 bits per heavy atom. The van der Waals surface area contributed by atoms with Gasteiger partial charge in [0.1, 0.15) is 11.5 Å². The summed E-state index contributed by atoms with van der Waals surface area (Å²) < 4.78 is 11.2. The summed E-state index contributed by atoms with van der Waals surface area (Å²) >= 11 is 0. The normalized spacial score (nSPS) is 19.6. The summed E-state index contributed by atoms with van der Waals surface area (Å²) in [6.07, 6.45) is 2.45. The van der Waals surface area contributed by atoms with Crippen molar-refractivity contribution in [3.8, 4) is 11.5 Å². The van der Waals surface area contributed by atoms with E-state index in [0.29, 0.717) is 12.5 Å². The molecule has 0 unspecified atom stereocenters. The lowest BCUT2D eigenvalue weighted by Gasteiger charge is -2.25. The Morgan fingerprint density at radius 1 is 1.33 bits per heavy atom. The Labute approximate surface area is 109 Å². The topological polar surface area (TPSA) is 30.5 Å². The van der Waals surface area contributed by atoms with E-state index in [0.717, 1.165) is 30.2 Å². The monoisotopic (exact) mass is 249 g/mol. The summed E-state index contributed by atoms with van der Waals surface area (Å²) in [5.74, 6) is 2.51. The van der Waals surface area contributed by atoms with Crippen molar-refractivity contribution in [2.24, 2.45) is 0 Å². The smallest absolute Gasteiger partial charge is 0.122 e. The van der Waals surface area contributed by atoms with E-state index in [1.807, 2.05) is 6.92 Å². The molecule has 0 spiro atoms. The van der Waals surface area contributed by atoms with Gasteiger partial charge in [-0.05, 0) is 50.9 Å². The van der Waals surface area contributed by atoms with Crippen molar-refractivity contribution in [2.75, 3.05) is 26.8 Å². The average Bonchev–Trinajstić information content (AvgIpc) is 2.42. The zero-order valence-corrected chi connectivity index (χ0v) is 11.6. The second-order valence-electron chi connectivity index (χ2n) is 4.84. The van der Waals surface area contributed by atoms with Crippen LogP contribution in [0.5, 0.6) is 11.5 Å². The molecule has 0 saturated carbocycles. The van der Waals surface area contributed by atoms with Gasteiger partial charge < -0.3 is 14.8 Å². The van der Waals surface area contributed by atoms with Crippen LogP contribution in [0.3, 0.4) is 0 Å². The third-order valence-corrected chi connectivity index (χ3v) is 3.56. The van der Waals surface area contributed by atoms with Crippen molar-refractivity contribution in [1.82, 2.24) is 5.32 Å². The molecule has 1 aliphatic rings. The van der Waals surface area contributed by atoms with Crippen molar-refractivity contribution in [3.05, 3.63) is 23.3 Å². The number of methoxy groups -OCH3 is 1. The van der Waals surface area contributed by atoms with E-state index >= 15 is 0 Å². The third kappa shape index (κ3) is 2.78. The molecule has 1 N–H and O–H groups in total. The summed E-state index contributed by atoms with van der Waals surface area (Å²) in [5.41, 5.74) is 2.42. The molecule has 0 bridgehead atoms. The molecule has 0 aliphatic carbocycles. The molecule has 0 amide bonds. The van der Waals surface area contributed by atoms with Gasteiger partial charge in [-0.1, -0.05) is 0 Å². The van der Waals surface area contributed by atoms with E-state index in [9.17, 15) is 0 Å². The molecule has 1 aliphatic heterocycles. The van der Waals surface area contributed by atoms with Crippen molar-refractivity contribution < 1.29 is 9.47 Å². The first kappa shape index (κ1) is 13.2. The van der Waals surface area contributed by atoms with E-state index < -0.39 is 0 Å². The molecule has 1 heterocycles. The lowest BCUT2D eigenvalue weighted by atomic mass is 9.90. The van der Waals surface area contributed by atoms with Crippen molar-refractivity contribution >= 4 is 0 Å². The van der Waals surface area contributed by atoms with Crippen molar-refractivity contribution in [3.63, 3.8) is 0 Å². The molecule has 1 aromatic rings. The lowest BCUT2D eigenvalue weighted by molar-refractivity contribution is 0.334. The van der Waals surface area contributed by atoms with Gasteiger partial charge in [0, 0.05) is 18.0 Å². The summed E-state index contributed by atoms with van der Waals surface area (Å²) in [6, 6.07) is 4.25. The summed E-state index contributed by atoms with van der Waals surface area (Å²) in [7, 11) is 1.74. The van der Waals surface area contributed by atoms with Gasteiger partial charge in [-0.3, -0.25) is 0 Å². The van der Waals surface area contributed by atoms with Gasteiger partial charge in [-0.25, -0.2) is 0 Å². The Kier molecular flexibility index (Phi) is 4.48. The van der Waals surface area contributed by atoms with Crippen LogP contribution >= 0.6 is 0 Å². The largest absolute Gasteiger partial charge is 0.496 e. The highest BCUT2D eigenvalue weighted by Gasteiger charge is 2.20. The minimum atomic E-state index is 0.536. The van der Waals surface area contributed by atoms with E-state index in [1.165, 1.54) is 18.4 Å². The molecule has 2 rings (SSSR count). The quantitative estimate of drug-likeness (QED) is 0.890. The standard InChI is InChI=1S/C15H23NO2/c1-4-18-14-9-13(12-6-5-7-16-10-12)15(17-3)8-11(14)2/h8-9,12,16H,4-7,10H2,1-3H3/t12-/m0/s1. The predicted octanol–water partition coefficient (Wildman–Crippen LogP) is 2.87. The average molecular weight is 249 g/mol. The Hall–Kier alpha value is -1.22. The highest BCUT2D eigenvalue weighted by molar-refractivity contribution is 5.47. The zero-order valence-electron chi connectivity index (χ0n) is 11.6. The molecule has 1 aromatic carbocycles. The second-order valence-corrected chi connectivity index (χ2v) is 4.84. The van der Waals surface area contributed by atoms with Gasteiger partial charge in [-0.15, -0.1) is 0 Å². The molecule has 3 nitrogen and oxygen atoms in total. The minimum absolute atomic E-state index is 0.536. The van der Waals surface area contributed by atoms with Crippen LogP contribution in [0.25, 0.3) is 0 Å². The van der Waals surface area contributed by atoms with E-state index in [2.05, 4.69) is 24.4 Å². The summed E-state index contributed by atoms with van der Waals surface area (Å²) in [4.78, 5) is 0. The number of aryl methyl sites for hydroxylation is 1. The van der Waals surface area contributed by atoms with Crippen LogP contribution in [0, 0.1) is 6.92 Å². The van der Waals surface area contributed by atoms with Crippen LogP contribution in [0.4, 0.5) is 0 Å². The maximum Gasteiger partial charge on any atom is 0.122 e. The van der Waals surface area contributed by atoms with Gasteiger partial charge in [0.25, 0.3) is 0 Å². The second kappa shape index (κ2) is 6.10. The zero-order chi connectivity index (χ0) is 13.0. The van der Waals surface area contributed by atoms with Crippen molar-refractivity contribution in [2.45, 2.75) is 32.6 Å². The maximum absolute atomic E-state index is 5.69. The highest BCUT2D eigenvalue weighted by atomic mass is 16.5. The first-order valence-electron chi connectivity index (χ1n) is 6.78. The first-order chi connectivity index (χ1) is 8.76. The summed E-state index contributed by atoms with van der Waals surface area (Å²) in [5, 5.41) is 3.45. The number of hydrogen-bond donors (Lipinski definition) is 1. The van der Waals surface area contributed by atoms with Crippen LogP contribution < -0.4 is 14.8 Å². The number of piperidine rings is 1. The lowest BCUT2D eigenvalue weighted by Crippen LogP contribution is -2.28. The van der Waals surface area contributed by atoms with Crippen LogP contribution in [0.2, 0.25) is 0 Å². The highest BCUT2D eigenvalue weighted by Crippen LogP contribution is 2.36. The number of hydrogen-bond acceptors (Lipinski definition) is 3. The molecule has 1 fully saturated rings. The Bertz CT molecular complexity index is 398. The minimum Gasteiger partial charge on any atom is -0.496 e. The fourth-order valence-corrected chi connectivity index (χ4v) is 2.60. The van der Waals surface area contributed by atoms with Gasteiger partial charge >= 0.3 is 0 Å². The number of benzene rings is 1. The van der Waals surface area contributed by atoms with Crippen LogP contribution in [-0.4, -0.2) is 26.8 Å². The fourth-order valence-electron chi connectivity index (χ4n) is 2.60. The molecule has 0 aromatic heterocycles. The van der Waals surface area contributed by atoms with Crippen LogP contribution in [0.15, 0.2) is 12.1 Å². The van der Waals surface area contributed by atoms with E-state index in [-0.39, 0.29) is 0 Å². The van der Waals surface area contributed by atoms with Crippen molar-refractivity contribution in [1.29, 1.82) is 0 Å².